The number of methoxy groups -OCH3 is 1. The van der Waals surface area contributed by atoms with Crippen LogP contribution in [0.1, 0.15) is 20.9 Å². The van der Waals surface area contributed by atoms with E-state index in [2.05, 4.69) is 25.9 Å². The number of rotatable bonds is 5. The van der Waals surface area contributed by atoms with Gasteiger partial charge in [0.1, 0.15) is 15.5 Å². The van der Waals surface area contributed by atoms with Gasteiger partial charge < -0.3 is 21.3 Å². The summed E-state index contributed by atoms with van der Waals surface area (Å²) in [5.41, 5.74) is 12.4. The van der Waals surface area contributed by atoms with Gasteiger partial charge in [0, 0.05) is 5.02 Å². The highest BCUT2D eigenvalue weighted by molar-refractivity contribution is 9.10. The maximum absolute atomic E-state index is 11.5. The number of nitrogen functional groups attached to an aromatic ring is 1. The van der Waals surface area contributed by atoms with Crippen molar-refractivity contribution in [3.05, 3.63) is 37.8 Å². The smallest absolute Gasteiger partial charge is 0.262 e. The minimum atomic E-state index is -0.726. The van der Waals surface area contributed by atoms with Gasteiger partial charge in [0.05, 0.1) is 22.7 Å². The van der Waals surface area contributed by atoms with Crippen molar-refractivity contribution < 1.29 is 14.6 Å². The number of ether oxygens (including phenoxy) is 1. The number of hydrogen-bond donors (Lipinski definition) is 3. The maximum Gasteiger partial charge on any atom is 0.262 e. The summed E-state index contributed by atoms with van der Waals surface area (Å²) in [4.78, 5) is 20.2. The molecular formula is C16H14BrClN4O3S. The number of nitrogens with zero attached hydrogens (tertiary/aromatic N) is 2. The van der Waals surface area contributed by atoms with Crippen molar-refractivity contribution in [2.75, 3.05) is 12.8 Å². The Labute approximate surface area is 166 Å². The predicted octanol–water partition coefficient (Wildman–Crippen LogP) is 3.29. The van der Waals surface area contributed by atoms with Crippen molar-refractivity contribution in [2.45, 2.75) is 12.8 Å². The fraction of sp³-hybridized carbons (Fsp3) is 0.188. The average molecular weight is 458 g/mol. The second-order valence-electron chi connectivity index (χ2n) is 5.43. The molecule has 5 N–H and O–H groups in total. The molecule has 0 aliphatic heterocycles. The third-order valence-electron chi connectivity index (χ3n) is 3.79. The molecule has 2 aromatic heterocycles. The molecular weight excluding hydrogens is 444 g/mol. The molecule has 0 unspecified atom stereocenters. The topological polar surface area (TPSA) is 124 Å². The number of nitrogens with two attached hydrogens (primary N) is 2. The van der Waals surface area contributed by atoms with Gasteiger partial charge in [-0.25, -0.2) is 9.97 Å². The Balaban J connectivity index is 2.00. The van der Waals surface area contributed by atoms with Crippen LogP contribution in [0.5, 0.6) is 11.5 Å². The number of carbonyl (C=O) groups excluding carboxylic acids is 1. The second kappa shape index (κ2) is 7.26. The number of aryl methyl sites for hydroxylation is 2. The van der Waals surface area contributed by atoms with Crippen LogP contribution < -0.4 is 16.2 Å². The first-order valence-corrected chi connectivity index (χ1v) is 9.40. The van der Waals surface area contributed by atoms with Gasteiger partial charge in [-0.05, 0) is 46.5 Å². The monoisotopic (exact) mass is 456 g/mol. The Morgan fingerprint density at radius 1 is 1.38 bits per heavy atom. The van der Waals surface area contributed by atoms with Gasteiger partial charge in [0.15, 0.2) is 5.75 Å². The zero-order valence-corrected chi connectivity index (χ0v) is 16.7. The van der Waals surface area contributed by atoms with E-state index in [9.17, 15) is 9.90 Å². The Morgan fingerprint density at radius 2 is 2.12 bits per heavy atom. The Kier molecular flexibility index (Phi) is 5.22. The SMILES string of the molecule is COc1cc(CCc2nc(N)nc3sc(C(N)=O)c(O)c23)c(Cl)cc1Br. The minimum Gasteiger partial charge on any atom is -0.505 e. The van der Waals surface area contributed by atoms with Crippen molar-refractivity contribution in [2.24, 2.45) is 5.73 Å². The van der Waals surface area contributed by atoms with E-state index in [4.69, 9.17) is 27.8 Å². The lowest BCUT2D eigenvalue weighted by Gasteiger charge is -2.10. The number of amides is 1. The summed E-state index contributed by atoms with van der Waals surface area (Å²) in [6.45, 7) is 0. The molecule has 0 saturated carbocycles. The van der Waals surface area contributed by atoms with E-state index in [-0.39, 0.29) is 16.6 Å². The lowest BCUT2D eigenvalue weighted by Crippen LogP contribution is -2.08. The van der Waals surface area contributed by atoms with Crippen LogP contribution in [-0.2, 0) is 12.8 Å². The van der Waals surface area contributed by atoms with Crippen LogP contribution >= 0.6 is 38.9 Å². The highest BCUT2D eigenvalue weighted by atomic mass is 79.9. The first-order valence-electron chi connectivity index (χ1n) is 7.41. The van der Waals surface area contributed by atoms with Gasteiger partial charge in [-0.1, -0.05) is 11.6 Å². The number of primary amides is 1. The summed E-state index contributed by atoms with van der Waals surface area (Å²) in [5.74, 6) is -0.224. The van der Waals surface area contributed by atoms with Gasteiger partial charge in [-0.2, -0.15) is 0 Å². The maximum atomic E-state index is 11.5. The predicted molar refractivity (Wildman–Crippen MR) is 105 cm³/mol. The summed E-state index contributed by atoms with van der Waals surface area (Å²) in [6, 6.07) is 3.59. The lowest BCUT2D eigenvalue weighted by atomic mass is 10.1. The van der Waals surface area contributed by atoms with Crippen LogP contribution in [0.15, 0.2) is 16.6 Å². The van der Waals surface area contributed by atoms with Crippen LogP contribution in [0.4, 0.5) is 5.95 Å². The van der Waals surface area contributed by atoms with Gasteiger partial charge in [0.2, 0.25) is 5.95 Å². The molecule has 136 valence electrons. The van der Waals surface area contributed by atoms with E-state index in [0.29, 0.717) is 39.5 Å². The summed E-state index contributed by atoms with van der Waals surface area (Å²) >= 11 is 10.7. The normalized spacial score (nSPS) is 11.0. The van der Waals surface area contributed by atoms with Crippen LogP contribution in [-0.4, -0.2) is 28.1 Å². The molecule has 10 heteroatoms. The first kappa shape index (κ1) is 18.7. The van der Waals surface area contributed by atoms with Gasteiger partial charge in [-0.15, -0.1) is 11.3 Å². The molecule has 0 atom stereocenters. The molecule has 2 heterocycles. The van der Waals surface area contributed by atoms with Crippen molar-refractivity contribution in [1.29, 1.82) is 0 Å². The zero-order chi connectivity index (χ0) is 19.0. The third-order valence-corrected chi connectivity index (χ3v) is 5.85. The van der Waals surface area contributed by atoms with Crippen LogP contribution in [0, 0.1) is 0 Å². The van der Waals surface area contributed by atoms with E-state index in [1.807, 2.05) is 6.07 Å². The molecule has 3 aromatic rings. The lowest BCUT2D eigenvalue weighted by molar-refractivity contribution is 0.100. The van der Waals surface area contributed by atoms with Crippen LogP contribution in [0.25, 0.3) is 10.2 Å². The summed E-state index contributed by atoms with van der Waals surface area (Å²) in [7, 11) is 1.57. The number of carbonyl (C=O) groups is 1. The zero-order valence-electron chi connectivity index (χ0n) is 13.5. The highest BCUT2D eigenvalue weighted by Gasteiger charge is 2.21. The fourth-order valence-electron chi connectivity index (χ4n) is 2.59. The average Bonchev–Trinajstić information content (AvgIpc) is 2.90. The first-order chi connectivity index (χ1) is 12.3. The number of benzene rings is 1. The van der Waals surface area contributed by atoms with E-state index < -0.39 is 5.91 Å². The number of halogens is 2. The van der Waals surface area contributed by atoms with Crippen molar-refractivity contribution in [1.82, 2.24) is 9.97 Å². The standard InChI is InChI=1S/C16H14BrClN4O3S/c1-25-10-4-6(8(18)5-7(10)17)2-3-9-11-12(23)13(14(19)24)26-15(11)22-16(20)21-9/h4-5,23H,2-3H2,1H3,(H2,19,24)(H2,20,21,22). The molecule has 0 bridgehead atoms. The molecule has 0 spiro atoms. The van der Waals surface area contributed by atoms with Gasteiger partial charge in [-0.3, -0.25) is 4.79 Å². The Bertz CT molecular complexity index is 1020. The number of aromatic nitrogens is 2. The van der Waals surface area contributed by atoms with Crippen LogP contribution in [0.3, 0.4) is 0 Å². The fourth-order valence-corrected chi connectivity index (χ4v) is 4.44. The van der Waals surface area contributed by atoms with Crippen LogP contribution in [0.2, 0.25) is 5.02 Å². The number of hydrogen-bond acceptors (Lipinski definition) is 7. The molecule has 0 radical (unpaired) electrons. The number of aromatic hydroxyl groups is 1. The van der Waals surface area contributed by atoms with Gasteiger partial charge >= 0.3 is 0 Å². The summed E-state index contributed by atoms with van der Waals surface area (Å²) in [6.07, 6.45) is 0.950. The van der Waals surface area contributed by atoms with Crippen molar-refractivity contribution in [3.8, 4) is 11.5 Å². The molecule has 1 aromatic carbocycles. The van der Waals surface area contributed by atoms with E-state index in [1.54, 1.807) is 13.2 Å². The Hall–Kier alpha value is -2.10. The molecule has 3 rings (SSSR count). The molecule has 1 amide bonds. The minimum absolute atomic E-state index is 0.0319. The highest BCUT2D eigenvalue weighted by Crippen LogP contribution is 2.38. The Morgan fingerprint density at radius 3 is 2.77 bits per heavy atom. The molecule has 26 heavy (non-hydrogen) atoms. The molecule has 0 aliphatic rings. The molecule has 0 fully saturated rings. The summed E-state index contributed by atoms with van der Waals surface area (Å²) < 4.78 is 6.04. The van der Waals surface area contributed by atoms with Crippen molar-refractivity contribution >= 4 is 60.9 Å². The number of thiophene rings is 1. The van der Waals surface area contributed by atoms with E-state index in [1.165, 1.54) is 0 Å². The largest absolute Gasteiger partial charge is 0.505 e. The number of anilines is 1. The van der Waals surface area contributed by atoms with Gasteiger partial charge in [0.25, 0.3) is 5.91 Å². The number of fused-ring (bicyclic) bond motifs is 1. The van der Waals surface area contributed by atoms with Crippen molar-refractivity contribution in [3.63, 3.8) is 0 Å². The quantitative estimate of drug-likeness (QED) is 0.540. The molecule has 0 saturated heterocycles. The van der Waals surface area contributed by atoms with E-state index >= 15 is 0 Å². The summed E-state index contributed by atoms with van der Waals surface area (Å²) in [5, 5.41) is 11.3. The molecule has 7 nitrogen and oxygen atoms in total. The second-order valence-corrected chi connectivity index (χ2v) is 7.69. The third kappa shape index (κ3) is 3.42. The van der Waals surface area contributed by atoms with E-state index in [0.717, 1.165) is 21.4 Å². The molecule has 0 aliphatic carbocycles.